The molecule has 0 saturated heterocycles. The molecule has 27 heavy (non-hydrogen) atoms. The maximum atomic E-state index is 12.5. The Morgan fingerprint density at radius 2 is 2.11 bits per heavy atom. The van der Waals surface area contributed by atoms with E-state index in [1.807, 2.05) is 27.1 Å². The molecule has 2 amide bonds. The van der Waals surface area contributed by atoms with Crippen molar-refractivity contribution < 1.29 is 9.59 Å². The Morgan fingerprint density at radius 3 is 2.74 bits per heavy atom. The highest BCUT2D eigenvalue weighted by molar-refractivity contribution is 5.93. The van der Waals surface area contributed by atoms with Crippen molar-refractivity contribution in [1.29, 1.82) is 0 Å². The maximum absolute atomic E-state index is 12.5. The lowest BCUT2D eigenvalue weighted by atomic mass is 10.1. The lowest BCUT2D eigenvalue weighted by Crippen LogP contribution is -2.37. The third-order valence-electron chi connectivity index (χ3n) is 4.72. The maximum Gasteiger partial charge on any atom is 0.263 e. The second-order valence-corrected chi connectivity index (χ2v) is 7.14. The minimum Gasteiger partial charge on any atom is -0.352 e. The first-order chi connectivity index (χ1) is 12.8. The van der Waals surface area contributed by atoms with Gasteiger partial charge in [-0.15, -0.1) is 0 Å². The summed E-state index contributed by atoms with van der Waals surface area (Å²) in [6.45, 7) is 4.19. The third-order valence-corrected chi connectivity index (χ3v) is 4.72. The number of rotatable bonds is 7. The van der Waals surface area contributed by atoms with E-state index in [0.717, 1.165) is 24.1 Å². The summed E-state index contributed by atoms with van der Waals surface area (Å²) in [6.07, 6.45) is 5.61. The van der Waals surface area contributed by atoms with Crippen molar-refractivity contribution in [2.24, 2.45) is 13.0 Å². The predicted octanol–water partition coefficient (Wildman–Crippen LogP) is 0.907. The normalized spacial score (nSPS) is 14.6. The molecule has 0 aromatic carbocycles. The van der Waals surface area contributed by atoms with Crippen LogP contribution >= 0.6 is 0 Å². The molecule has 2 heterocycles. The highest BCUT2D eigenvalue weighted by Gasteiger charge is 2.23. The zero-order chi connectivity index (χ0) is 19.6. The largest absolute Gasteiger partial charge is 0.352 e. The molecule has 2 aromatic heterocycles. The monoisotopic (exact) mass is 371 g/mol. The summed E-state index contributed by atoms with van der Waals surface area (Å²) in [6, 6.07) is 2.86. The van der Waals surface area contributed by atoms with Gasteiger partial charge in [-0.25, -0.2) is 0 Å². The van der Waals surface area contributed by atoms with Gasteiger partial charge in [0.25, 0.3) is 11.5 Å². The average Bonchev–Trinajstić information content (AvgIpc) is 3.37. The van der Waals surface area contributed by atoms with Gasteiger partial charge in [0, 0.05) is 31.5 Å². The van der Waals surface area contributed by atoms with Crippen LogP contribution in [0.15, 0.2) is 29.3 Å². The number of pyridine rings is 1. The van der Waals surface area contributed by atoms with Crippen molar-refractivity contribution >= 4 is 11.8 Å². The van der Waals surface area contributed by atoms with Crippen LogP contribution in [0.1, 0.15) is 47.4 Å². The second kappa shape index (κ2) is 7.77. The molecular weight excluding hydrogens is 346 g/mol. The molecule has 2 aromatic rings. The topological polar surface area (TPSA) is 98.0 Å². The van der Waals surface area contributed by atoms with Crippen molar-refractivity contribution in [2.75, 3.05) is 6.54 Å². The number of nitrogens with one attached hydrogen (secondary N) is 2. The molecule has 3 rings (SSSR count). The Bertz CT molecular complexity index is 910. The van der Waals surface area contributed by atoms with Gasteiger partial charge in [-0.05, 0) is 44.7 Å². The van der Waals surface area contributed by atoms with Gasteiger partial charge in [0.2, 0.25) is 5.91 Å². The Hall–Kier alpha value is -2.90. The summed E-state index contributed by atoms with van der Waals surface area (Å²) >= 11 is 0. The molecule has 8 heteroatoms. The second-order valence-electron chi connectivity index (χ2n) is 7.14. The summed E-state index contributed by atoms with van der Waals surface area (Å²) in [4.78, 5) is 37.1. The number of nitrogens with zero attached hydrogens (tertiary/aromatic N) is 3. The molecule has 1 saturated carbocycles. The molecule has 2 N–H and O–H groups in total. The van der Waals surface area contributed by atoms with Crippen LogP contribution in [0.25, 0.3) is 0 Å². The lowest BCUT2D eigenvalue weighted by molar-refractivity contribution is -0.122. The number of carbonyl (C=O) groups is 2. The van der Waals surface area contributed by atoms with Crippen molar-refractivity contribution in [2.45, 2.75) is 39.3 Å². The van der Waals surface area contributed by atoms with Gasteiger partial charge in [0.05, 0.1) is 11.7 Å². The third kappa shape index (κ3) is 4.64. The Labute approximate surface area is 157 Å². The molecule has 8 nitrogen and oxygen atoms in total. The van der Waals surface area contributed by atoms with Crippen LogP contribution in [0.5, 0.6) is 0 Å². The number of hydrogen-bond donors (Lipinski definition) is 2. The van der Waals surface area contributed by atoms with Crippen molar-refractivity contribution in [1.82, 2.24) is 25.0 Å². The van der Waals surface area contributed by atoms with Gasteiger partial charge >= 0.3 is 0 Å². The van der Waals surface area contributed by atoms with Crippen LogP contribution < -0.4 is 16.2 Å². The van der Waals surface area contributed by atoms with E-state index in [1.54, 1.807) is 10.7 Å². The first-order valence-corrected chi connectivity index (χ1v) is 9.12. The van der Waals surface area contributed by atoms with Crippen LogP contribution in [0, 0.1) is 12.8 Å². The van der Waals surface area contributed by atoms with Gasteiger partial charge < -0.3 is 15.2 Å². The SMILES string of the molecule is Cc1nn(C)cc1[C@@H](C)NC(=O)Cn1cccc(C(=O)NCC2CC2)c1=O. The smallest absolute Gasteiger partial charge is 0.263 e. The molecule has 1 atom stereocenters. The number of aryl methyl sites for hydroxylation is 2. The van der Waals surface area contributed by atoms with Crippen LogP contribution in [0.4, 0.5) is 0 Å². The standard InChI is InChI=1S/C19H25N5O3/c1-12(16-10-23(3)22-13(16)2)21-17(25)11-24-8-4-5-15(19(24)27)18(26)20-9-14-6-7-14/h4-5,8,10,12,14H,6-7,9,11H2,1-3H3,(H,20,26)(H,21,25)/t12-/m1/s1. The van der Waals surface area contributed by atoms with E-state index >= 15 is 0 Å². The Morgan fingerprint density at radius 1 is 1.37 bits per heavy atom. The summed E-state index contributed by atoms with van der Waals surface area (Å²) in [5.41, 5.74) is 1.36. The quantitative estimate of drug-likeness (QED) is 0.756. The zero-order valence-electron chi connectivity index (χ0n) is 15.9. The highest BCUT2D eigenvalue weighted by Crippen LogP contribution is 2.27. The highest BCUT2D eigenvalue weighted by atomic mass is 16.2. The molecule has 0 spiro atoms. The number of amides is 2. The van der Waals surface area contributed by atoms with E-state index < -0.39 is 5.56 Å². The van der Waals surface area contributed by atoms with Crippen molar-refractivity contribution in [3.05, 3.63) is 51.7 Å². The fraction of sp³-hybridized carbons (Fsp3) is 0.474. The fourth-order valence-electron chi connectivity index (χ4n) is 3.05. The fourth-order valence-corrected chi connectivity index (χ4v) is 3.05. The molecule has 0 bridgehead atoms. The summed E-state index contributed by atoms with van der Waals surface area (Å²) in [5, 5.41) is 9.92. The first-order valence-electron chi connectivity index (χ1n) is 9.12. The van der Waals surface area contributed by atoms with E-state index in [9.17, 15) is 14.4 Å². The molecule has 0 aliphatic heterocycles. The van der Waals surface area contributed by atoms with E-state index in [-0.39, 0.29) is 30.0 Å². The number of aromatic nitrogens is 3. The minimum atomic E-state index is -0.467. The van der Waals surface area contributed by atoms with Crippen LogP contribution in [-0.4, -0.2) is 32.7 Å². The van der Waals surface area contributed by atoms with Crippen molar-refractivity contribution in [3.63, 3.8) is 0 Å². The van der Waals surface area contributed by atoms with Gasteiger partial charge in [0.15, 0.2) is 0 Å². The summed E-state index contributed by atoms with van der Waals surface area (Å²) in [7, 11) is 1.82. The molecule has 1 fully saturated rings. The van der Waals surface area contributed by atoms with Crippen LogP contribution in [0.3, 0.4) is 0 Å². The minimum absolute atomic E-state index is 0.0575. The first kappa shape index (κ1) is 18.9. The number of carbonyl (C=O) groups excluding carboxylic acids is 2. The van der Waals surface area contributed by atoms with E-state index in [1.165, 1.54) is 16.8 Å². The molecule has 1 aliphatic rings. The van der Waals surface area contributed by atoms with Gasteiger partial charge in [0.1, 0.15) is 12.1 Å². The van der Waals surface area contributed by atoms with Gasteiger partial charge in [-0.2, -0.15) is 5.10 Å². The van der Waals surface area contributed by atoms with Crippen LogP contribution in [0.2, 0.25) is 0 Å². The molecular formula is C19H25N5O3. The molecule has 0 radical (unpaired) electrons. The summed E-state index contributed by atoms with van der Waals surface area (Å²) < 4.78 is 2.95. The predicted molar refractivity (Wildman–Crippen MR) is 100 cm³/mol. The zero-order valence-corrected chi connectivity index (χ0v) is 15.9. The van der Waals surface area contributed by atoms with E-state index in [0.29, 0.717) is 12.5 Å². The van der Waals surface area contributed by atoms with E-state index in [4.69, 9.17) is 0 Å². The molecule has 144 valence electrons. The van der Waals surface area contributed by atoms with Gasteiger partial charge in [-0.1, -0.05) is 0 Å². The average molecular weight is 371 g/mol. The summed E-state index contributed by atoms with van der Waals surface area (Å²) in [5.74, 6) is -0.160. The number of hydrogen-bond acceptors (Lipinski definition) is 4. The van der Waals surface area contributed by atoms with E-state index in [2.05, 4.69) is 15.7 Å². The molecule has 1 aliphatic carbocycles. The van der Waals surface area contributed by atoms with Gasteiger partial charge in [-0.3, -0.25) is 19.1 Å². The Balaban J connectivity index is 1.65. The van der Waals surface area contributed by atoms with Crippen molar-refractivity contribution in [3.8, 4) is 0 Å². The lowest BCUT2D eigenvalue weighted by Gasteiger charge is -2.14. The van der Waals surface area contributed by atoms with Crippen LogP contribution in [-0.2, 0) is 18.4 Å². The Kier molecular flexibility index (Phi) is 5.43. The molecule has 0 unspecified atom stereocenters.